The van der Waals surface area contributed by atoms with Gasteiger partial charge in [0.25, 0.3) is 0 Å². The van der Waals surface area contributed by atoms with Crippen LogP contribution in [0.3, 0.4) is 0 Å². The van der Waals surface area contributed by atoms with Crippen molar-refractivity contribution < 1.29 is 29.1 Å². The zero-order valence-electron chi connectivity index (χ0n) is 23.6. The minimum atomic E-state index is -1.40. The van der Waals surface area contributed by atoms with Gasteiger partial charge in [-0.05, 0) is 36.0 Å². The van der Waals surface area contributed by atoms with Crippen molar-refractivity contribution in [2.45, 2.75) is 63.7 Å². The normalized spacial score (nSPS) is 14.0. The van der Waals surface area contributed by atoms with E-state index in [0.717, 1.165) is 16.5 Å². The highest BCUT2D eigenvalue weighted by atomic mass is 16.4. The molecule has 0 fully saturated rings. The number of fused-ring (bicyclic) bond motifs is 1. The minimum Gasteiger partial charge on any atom is -0.480 e. The predicted molar refractivity (Wildman–Crippen MR) is 157 cm³/mol. The Kier molecular flexibility index (Phi) is 11.2. The predicted octanol–water partition coefficient (Wildman–Crippen LogP) is 0.741. The highest BCUT2D eigenvalue weighted by molar-refractivity contribution is 5.95. The average Bonchev–Trinajstić information content (AvgIpc) is 3.36. The van der Waals surface area contributed by atoms with E-state index in [9.17, 15) is 29.1 Å². The number of para-hydroxylation sites is 1. The molecule has 1 heterocycles. The zero-order chi connectivity index (χ0) is 30.8. The highest BCUT2D eigenvalue weighted by Crippen LogP contribution is 2.19. The van der Waals surface area contributed by atoms with Crippen LogP contribution in [0.1, 0.15) is 37.8 Å². The Morgan fingerprint density at radius 2 is 1.48 bits per heavy atom. The molecule has 12 heteroatoms. The third-order valence-electron chi connectivity index (χ3n) is 6.91. The fourth-order valence-corrected chi connectivity index (χ4v) is 4.56. The number of carbonyl (C=O) groups excluding carboxylic acids is 4. The largest absolute Gasteiger partial charge is 0.480 e. The van der Waals surface area contributed by atoms with Crippen molar-refractivity contribution in [3.8, 4) is 0 Å². The summed E-state index contributed by atoms with van der Waals surface area (Å²) in [5, 5.41) is 18.2. The van der Waals surface area contributed by atoms with E-state index in [1.807, 2.05) is 54.6 Å². The summed E-state index contributed by atoms with van der Waals surface area (Å²) < 4.78 is 0. The topological polar surface area (TPSA) is 209 Å². The van der Waals surface area contributed by atoms with Gasteiger partial charge in [-0.3, -0.25) is 19.2 Å². The van der Waals surface area contributed by atoms with Crippen LogP contribution >= 0.6 is 0 Å². The van der Waals surface area contributed by atoms with Gasteiger partial charge in [-0.2, -0.15) is 0 Å². The SMILES string of the molecule is CC(C)C(NC(=O)C(N)Cc1ccccc1)C(=O)NC(Cc1c[nH]c2ccccc12)C(=O)NC(CCC(N)=O)C(=O)O. The molecule has 0 radical (unpaired) electrons. The molecular formula is C30H38N6O6. The average molecular weight is 579 g/mol. The summed E-state index contributed by atoms with van der Waals surface area (Å²) in [6.45, 7) is 3.48. The molecule has 0 aliphatic carbocycles. The van der Waals surface area contributed by atoms with E-state index in [4.69, 9.17) is 11.5 Å². The van der Waals surface area contributed by atoms with Crippen LogP contribution < -0.4 is 27.4 Å². The second kappa shape index (κ2) is 14.8. The Morgan fingerprint density at radius 1 is 0.833 bits per heavy atom. The van der Waals surface area contributed by atoms with E-state index in [2.05, 4.69) is 20.9 Å². The summed E-state index contributed by atoms with van der Waals surface area (Å²) in [5.74, 6) is -4.34. The van der Waals surface area contributed by atoms with E-state index in [-0.39, 0.29) is 31.6 Å². The van der Waals surface area contributed by atoms with Crippen molar-refractivity contribution in [3.05, 3.63) is 71.9 Å². The summed E-state index contributed by atoms with van der Waals surface area (Å²) >= 11 is 0. The van der Waals surface area contributed by atoms with E-state index in [1.54, 1.807) is 20.0 Å². The molecule has 0 spiro atoms. The Morgan fingerprint density at radius 3 is 2.12 bits per heavy atom. The van der Waals surface area contributed by atoms with Crippen LogP contribution in [-0.4, -0.2) is 63.9 Å². The number of amides is 4. The van der Waals surface area contributed by atoms with Gasteiger partial charge in [0.15, 0.2) is 0 Å². The smallest absolute Gasteiger partial charge is 0.326 e. The molecule has 0 aliphatic heterocycles. The van der Waals surface area contributed by atoms with Crippen molar-refractivity contribution in [3.63, 3.8) is 0 Å². The van der Waals surface area contributed by atoms with Gasteiger partial charge in [0.05, 0.1) is 6.04 Å². The fraction of sp³-hybridized carbons (Fsp3) is 0.367. The number of aliphatic carboxylic acids is 1. The Labute approximate surface area is 243 Å². The molecule has 0 bridgehead atoms. The lowest BCUT2D eigenvalue weighted by molar-refractivity contribution is -0.142. The minimum absolute atomic E-state index is 0.0238. The zero-order valence-corrected chi connectivity index (χ0v) is 23.6. The van der Waals surface area contributed by atoms with Gasteiger partial charge in [0.2, 0.25) is 23.6 Å². The van der Waals surface area contributed by atoms with Crippen LogP contribution in [0, 0.1) is 5.92 Å². The summed E-state index contributed by atoms with van der Waals surface area (Å²) in [7, 11) is 0. The molecule has 4 amide bonds. The molecule has 2 aromatic carbocycles. The summed E-state index contributed by atoms with van der Waals surface area (Å²) in [4.78, 5) is 66.0. The molecular weight excluding hydrogens is 540 g/mol. The first kappa shape index (κ1) is 31.8. The van der Waals surface area contributed by atoms with Gasteiger partial charge in [0, 0.05) is 29.9 Å². The molecule has 0 saturated carbocycles. The highest BCUT2D eigenvalue weighted by Gasteiger charge is 2.32. The second-order valence-corrected chi connectivity index (χ2v) is 10.6. The number of carbonyl (C=O) groups is 5. The van der Waals surface area contributed by atoms with E-state index in [1.165, 1.54) is 0 Å². The molecule has 4 atom stereocenters. The number of nitrogens with one attached hydrogen (secondary N) is 4. The molecule has 42 heavy (non-hydrogen) atoms. The number of hydrogen-bond donors (Lipinski definition) is 7. The number of rotatable bonds is 15. The first-order valence-corrected chi connectivity index (χ1v) is 13.7. The van der Waals surface area contributed by atoms with Crippen LogP contribution in [0.4, 0.5) is 0 Å². The number of primary amides is 1. The molecule has 224 valence electrons. The van der Waals surface area contributed by atoms with Crippen LogP contribution in [0.25, 0.3) is 10.9 Å². The molecule has 3 aromatic rings. The monoisotopic (exact) mass is 578 g/mol. The molecule has 0 aliphatic rings. The quantitative estimate of drug-likeness (QED) is 0.137. The first-order chi connectivity index (χ1) is 20.0. The third-order valence-corrected chi connectivity index (χ3v) is 6.91. The standard InChI is InChI=1S/C30H38N6O6/c1-17(2)26(36-27(38)21(31)14-18-8-4-3-5-9-18)29(40)35-24(15-19-16-33-22-11-7-6-10-20(19)22)28(39)34-23(30(41)42)12-13-25(32)37/h3-11,16-17,21,23-24,26,33H,12-15,31H2,1-2H3,(H2,32,37)(H,34,39)(H,35,40)(H,36,38)(H,41,42). The molecule has 0 saturated heterocycles. The maximum absolute atomic E-state index is 13.5. The Hall–Kier alpha value is -4.71. The number of nitrogens with two attached hydrogens (primary N) is 2. The lowest BCUT2D eigenvalue weighted by Gasteiger charge is -2.27. The molecule has 3 rings (SSSR count). The maximum Gasteiger partial charge on any atom is 0.326 e. The van der Waals surface area contributed by atoms with Crippen LogP contribution in [0.5, 0.6) is 0 Å². The molecule has 4 unspecified atom stereocenters. The van der Waals surface area contributed by atoms with Gasteiger partial charge >= 0.3 is 5.97 Å². The lowest BCUT2D eigenvalue weighted by Crippen LogP contribution is -2.59. The summed E-state index contributed by atoms with van der Waals surface area (Å²) in [6, 6.07) is 12.1. The third kappa shape index (κ3) is 8.90. The van der Waals surface area contributed by atoms with Crippen molar-refractivity contribution >= 4 is 40.5 Å². The van der Waals surface area contributed by atoms with Crippen molar-refractivity contribution in [2.75, 3.05) is 0 Å². The van der Waals surface area contributed by atoms with Gasteiger partial charge in [-0.15, -0.1) is 0 Å². The lowest BCUT2D eigenvalue weighted by atomic mass is 9.99. The van der Waals surface area contributed by atoms with Crippen molar-refractivity contribution in [1.29, 1.82) is 0 Å². The maximum atomic E-state index is 13.5. The van der Waals surface area contributed by atoms with Crippen molar-refractivity contribution in [1.82, 2.24) is 20.9 Å². The number of H-pyrrole nitrogens is 1. The number of carboxylic acids is 1. The number of benzene rings is 2. The number of aromatic amines is 1. The molecule has 12 nitrogen and oxygen atoms in total. The summed E-state index contributed by atoms with van der Waals surface area (Å²) in [5.41, 5.74) is 13.7. The van der Waals surface area contributed by atoms with Gasteiger partial charge < -0.3 is 37.5 Å². The number of hydrogen-bond acceptors (Lipinski definition) is 6. The van der Waals surface area contributed by atoms with Gasteiger partial charge in [-0.25, -0.2) is 4.79 Å². The van der Waals surface area contributed by atoms with E-state index >= 15 is 0 Å². The Bertz CT molecular complexity index is 1410. The van der Waals surface area contributed by atoms with Crippen LogP contribution in [0.15, 0.2) is 60.8 Å². The number of carboxylic acid groups (broad SMARTS) is 1. The van der Waals surface area contributed by atoms with Crippen molar-refractivity contribution in [2.24, 2.45) is 17.4 Å². The molecule has 9 N–H and O–H groups in total. The van der Waals surface area contributed by atoms with Crippen LogP contribution in [0.2, 0.25) is 0 Å². The summed E-state index contributed by atoms with van der Waals surface area (Å²) in [6.07, 6.45) is 1.54. The Balaban J connectivity index is 1.80. The molecule has 1 aromatic heterocycles. The first-order valence-electron chi connectivity index (χ1n) is 13.7. The van der Waals surface area contributed by atoms with Crippen LogP contribution in [-0.2, 0) is 36.8 Å². The number of aromatic nitrogens is 1. The van der Waals surface area contributed by atoms with Gasteiger partial charge in [-0.1, -0.05) is 62.4 Å². The van der Waals surface area contributed by atoms with E-state index in [0.29, 0.717) is 5.56 Å². The fourth-order valence-electron chi connectivity index (χ4n) is 4.56. The van der Waals surface area contributed by atoms with Gasteiger partial charge in [0.1, 0.15) is 18.1 Å². The van der Waals surface area contributed by atoms with E-state index < -0.39 is 53.8 Å². The second-order valence-electron chi connectivity index (χ2n) is 10.6.